The van der Waals surface area contributed by atoms with Crippen LogP contribution >= 0.6 is 7.51 Å². The SMILES string of the molecule is CN(C)P(=Nc1cccc2ccc3ccccc3c12)(N(C)C)N(C)C. The zero-order valence-electron chi connectivity index (χ0n) is 15.9. The Morgan fingerprint density at radius 3 is 1.84 bits per heavy atom. The van der Waals surface area contributed by atoms with Crippen molar-refractivity contribution in [1.82, 2.24) is 14.0 Å². The van der Waals surface area contributed by atoms with Gasteiger partial charge in [0.05, 0.1) is 5.69 Å². The maximum Gasteiger partial charge on any atom is 0.171 e. The molecule has 5 heteroatoms. The fraction of sp³-hybridized carbons (Fsp3) is 0.300. The molecule has 0 unspecified atom stereocenters. The maximum atomic E-state index is 5.36. The molecule has 3 aromatic carbocycles. The molecule has 0 saturated heterocycles. The van der Waals surface area contributed by atoms with Crippen molar-refractivity contribution >= 4 is 34.7 Å². The highest BCUT2D eigenvalue weighted by Crippen LogP contribution is 2.57. The molecule has 0 saturated carbocycles. The summed E-state index contributed by atoms with van der Waals surface area (Å²) in [4.78, 5) is 0. The zero-order valence-corrected chi connectivity index (χ0v) is 16.8. The van der Waals surface area contributed by atoms with E-state index in [1.165, 1.54) is 21.5 Å². The van der Waals surface area contributed by atoms with E-state index in [-0.39, 0.29) is 0 Å². The van der Waals surface area contributed by atoms with Gasteiger partial charge in [0.2, 0.25) is 0 Å². The molecule has 25 heavy (non-hydrogen) atoms. The Balaban J connectivity index is 2.44. The highest BCUT2D eigenvalue weighted by atomic mass is 31.2. The monoisotopic (exact) mass is 354 g/mol. The van der Waals surface area contributed by atoms with E-state index in [9.17, 15) is 0 Å². The van der Waals surface area contributed by atoms with Crippen molar-refractivity contribution in [3.05, 3.63) is 54.6 Å². The van der Waals surface area contributed by atoms with Crippen molar-refractivity contribution in [1.29, 1.82) is 0 Å². The smallest absolute Gasteiger partial charge is 0.171 e. The van der Waals surface area contributed by atoms with Crippen LogP contribution in [0.2, 0.25) is 0 Å². The molecule has 4 nitrogen and oxygen atoms in total. The fourth-order valence-electron chi connectivity index (χ4n) is 3.61. The largest absolute Gasteiger partial charge is 0.252 e. The van der Waals surface area contributed by atoms with Gasteiger partial charge in [-0.2, -0.15) is 0 Å². The summed E-state index contributed by atoms with van der Waals surface area (Å²) in [7, 11) is 10.7. The van der Waals surface area contributed by atoms with Crippen LogP contribution in [-0.2, 0) is 0 Å². The number of rotatable bonds is 4. The third-order valence-electron chi connectivity index (χ3n) is 4.60. The van der Waals surface area contributed by atoms with Gasteiger partial charge in [0.25, 0.3) is 0 Å². The van der Waals surface area contributed by atoms with E-state index in [4.69, 9.17) is 4.74 Å². The Kier molecular flexibility index (Phi) is 4.99. The lowest BCUT2D eigenvalue weighted by Gasteiger charge is -2.41. The summed E-state index contributed by atoms with van der Waals surface area (Å²) in [6.45, 7) is 0. The van der Waals surface area contributed by atoms with E-state index in [2.05, 4.69) is 111 Å². The average molecular weight is 354 g/mol. The van der Waals surface area contributed by atoms with Crippen molar-refractivity contribution < 1.29 is 0 Å². The molecule has 132 valence electrons. The van der Waals surface area contributed by atoms with Gasteiger partial charge in [-0.05, 0) is 64.5 Å². The van der Waals surface area contributed by atoms with Crippen LogP contribution in [0.5, 0.6) is 0 Å². The van der Waals surface area contributed by atoms with E-state index in [1.807, 2.05) is 0 Å². The molecule has 0 spiro atoms. The first kappa shape index (κ1) is 18.1. The Morgan fingerprint density at radius 1 is 0.640 bits per heavy atom. The highest BCUT2D eigenvalue weighted by molar-refractivity contribution is 7.59. The minimum atomic E-state index is -1.99. The summed E-state index contributed by atoms with van der Waals surface area (Å²) in [5, 5.41) is 4.97. The van der Waals surface area contributed by atoms with Crippen LogP contribution in [0.25, 0.3) is 21.5 Å². The molecule has 0 heterocycles. The van der Waals surface area contributed by atoms with Crippen molar-refractivity contribution in [3.63, 3.8) is 0 Å². The predicted molar refractivity (Wildman–Crippen MR) is 112 cm³/mol. The second-order valence-electron chi connectivity index (χ2n) is 6.84. The number of nitrogens with zero attached hydrogens (tertiary/aromatic N) is 4. The Labute approximate surface area is 150 Å². The van der Waals surface area contributed by atoms with Gasteiger partial charge >= 0.3 is 0 Å². The predicted octanol–water partition coefficient (Wildman–Crippen LogP) is 5.26. The second kappa shape index (κ2) is 6.89. The van der Waals surface area contributed by atoms with E-state index < -0.39 is 7.51 Å². The van der Waals surface area contributed by atoms with Crippen LogP contribution in [0.1, 0.15) is 0 Å². The lowest BCUT2D eigenvalue weighted by Crippen LogP contribution is -2.30. The fourth-order valence-corrected chi connectivity index (χ4v) is 6.75. The van der Waals surface area contributed by atoms with Crippen LogP contribution < -0.4 is 0 Å². The lowest BCUT2D eigenvalue weighted by molar-refractivity contribution is 0.474. The van der Waals surface area contributed by atoms with Crippen LogP contribution in [0.4, 0.5) is 5.69 Å². The molecule has 0 aliphatic rings. The summed E-state index contributed by atoms with van der Waals surface area (Å²) in [5.74, 6) is 0. The van der Waals surface area contributed by atoms with Crippen LogP contribution in [0, 0.1) is 0 Å². The maximum absolute atomic E-state index is 5.36. The Bertz CT molecular complexity index is 932. The minimum absolute atomic E-state index is 1.05. The van der Waals surface area contributed by atoms with Crippen LogP contribution in [-0.4, -0.2) is 56.3 Å². The molecule has 0 aliphatic carbocycles. The van der Waals surface area contributed by atoms with Crippen LogP contribution in [0.3, 0.4) is 0 Å². The standard InChI is InChI=1S/C20H27N4P/c1-22(2)25(23(3)4,24(5)6)21-19-13-9-11-17-15-14-16-10-7-8-12-18(16)20(17)19/h7-15H,1-6H3. The summed E-state index contributed by atoms with van der Waals surface area (Å²) in [6, 6.07) is 19.3. The summed E-state index contributed by atoms with van der Waals surface area (Å²) < 4.78 is 12.1. The van der Waals surface area contributed by atoms with E-state index >= 15 is 0 Å². The van der Waals surface area contributed by atoms with Crippen molar-refractivity contribution in [2.75, 3.05) is 42.3 Å². The molecule has 0 fully saturated rings. The second-order valence-corrected chi connectivity index (χ2v) is 10.5. The van der Waals surface area contributed by atoms with Gasteiger partial charge in [-0.1, -0.05) is 48.5 Å². The summed E-state index contributed by atoms with van der Waals surface area (Å²) in [5.41, 5.74) is 1.05. The van der Waals surface area contributed by atoms with Gasteiger partial charge in [0, 0.05) is 5.39 Å². The average Bonchev–Trinajstić information content (AvgIpc) is 2.58. The normalized spacial score (nSPS) is 12.7. The molecule has 0 radical (unpaired) electrons. The molecular weight excluding hydrogens is 327 g/mol. The molecule has 0 amide bonds. The molecule has 0 N–H and O–H groups in total. The number of hydrogen-bond donors (Lipinski definition) is 0. The van der Waals surface area contributed by atoms with Crippen LogP contribution in [0.15, 0.2) is 59.3 Å². The first-order valence-corrected chi connectivity index (χ1v) is 10.0. The summed E-state index contributed by atoms with van der Waals surface area (Å²) in [6.07, 6.45) is 0. The van der Waals surface area contributed by atoms with Crippen molar-refractivity contribution in [2.24, 2.45) is 4.74 Å². The molecule has 0 bridgehead atoms. The third kappa shape index (κ3) is 3.00. The minimum Gasteiger partial charge on any atom is -0.252 e. The van der Waals surface area contributed by atoms with Gasteiger partial charge in [-0.25, -0.2) is 4.74 Å². The molecule has 0 aliphatic heterocycles. The molecular formula is C20H27N4P. The van der Waals surface area contributed by atoms with E-state index in [0.717, 1.165) is 5.69 Å². The summed E-state index contributed by atoms with van der Waals surface area (Å²) >= 11 is 0. The Morgan fingerprint density at radius 2 is 1.20 bits per heavy atom. The van der Waals surface area contributed by atoms with Crippen molar-refractivity contribution in [2.45, 2.75) is 0 Å². The quantitative estimate of drug-likeness (QED) is 0.471. The van der Waals surface area contributed by atoms with Gasteiger partial charge < -0.3 is 0 Å². The molecule has 0 aromatic heterocycles. The van der Waals surface area contributed by atoms with Gasteiger partial charge in [-0.15, -0.1) is 0 Å². The van der Waals surface area contributed by atoms with Gasteiger partial charge in [0.1, 0.15) is 0 Å². The lowest BCUT2D eigenvalue weighted by atomic mass is 10.0. The molecule has 0 atom stereocenters. The zero-order chi connectivity index (χ0) is 18.2. The topological polar surface area (TPSA) is 22.1 Å². The van der Waals surface area contributed by atoms with Gasteiger partial charge in [0.15, 0.2) is 7.51 Å². The van der Waals surface area contributed by atoms with E-state index in [1.54, 1.807) is 0 Å². The van der Waals surface area contributed by atoms with Crippen molar-refractivity contribution in [3.8, 4) is 0 Å². The number of hydrogen-bond acceptors (Lipinski definition) is 1. The molecule has 3 aromatic rings. The number of fused-ring (bicyclic) bond motifs is 3. The van der Waals surface area contributed by atoms with Gasteiger partial charge in [-0.3, -0.25) is 14.0 Å². The number of benzene rings is 3. The first-order valence-electron chi connectivity index (χ1n) is 8.44. The van der Waals surface area contributed by atoms with E-state index in [0.29, 0.717) is 0 Å². The Hall–Kier alpha value is -1.71. The molecule has 3 rings (SSSR count). The third-order valence-corrected chi connectivity index (χ3v) is 8.30. The first-order chi connectivity index (χ1) is 11.9. The highest BCUT2D eigenvalue weighted by Gasteiger charge is 2.28.